The highest BCUT2D eigenvalue weighted by Crippen LogP contribution is 2.41. The molecule has 0 aromatic carbocycles. The molecule has 0 N–H and O–H groups in total. The highest BCUT2D eigenvalue weighted by Gasteiger charge is 2.41. The Balaban J connectivity index is 1.72. The molecule has 1 unspecified atom stereocenters. The van der Waals surface area contributed by atoms with Crippen molar-refractivity contribution in [3.63, 3.8) is 0 Å². The standard InChI is InChI=1S/C15H19BrO3/c16-13-5-4-12(19-13)14(17)11-6-9-18-15(10-11)7-2-1-3-8-15/h4-5,11H,1-3,6-10H2. The Labute approximate surface area is 121 Å². The number of hydrogen-bond acceptors (Lipinski definition) is 3. The summed E-state index contributed by atoms with van der Waals surface area (Å²) in [6, 6.07) is 3.54. The minimum absolute atomic E-state index is 0.0271. The van der Waals surface area contributed by atoms with Gasteiger partial charge in [-0.25, -0.2) is 0 Å². The Morgan fingerprint density at radius 1 is 1.26 bits per heavy atom. The molecule has 1 aromatic heterocycles. The molecule has 0 radical (unpaired) electrons. The molecule has 1 saturated heterocycles. The van der Waals surface area contributed by atoms with E-state index in [1.54, 1.807) is 12.1 Å². The van der Waals surface area contributed by atoms with Crippen LogP contribution in [-0.4, -0.2) is 18.0 Å². The molecule has 1 spiro atoms. The van der Waals surface area contributed by atoms with E-state index < -0.39 is 0 Å². The molecule has 3 nitrogen and oxygen atoms in total. The molecule has 19 heavy (non-hydrogen) atoms. The highest BCUT2D eigenvalue weighted by molar-refractivity contribution is 9.10. The lowest BCUT2D eigenvalue weighted by molar-refractivity contribution is -0.111. The molecule has 1 aliphatic carbocycles. The van der Waals surface area contributed by atoms with Gasteiger partial charge in [-0.15, -0.1) is 0 Å². The summed E-state index contributed by atoms with van der Waals surface area (Å²) >= 11 is 3.25. The van der Waals surface area contributed by atoms with Crippen molar-refractivity contribution in [1.29, 1.82) is 0 Å². The van der Waals surface area contributed by atoms with Gasteiger partial charge in [-0.1, -0.05) is 19.3 Å². The Morgan fingerprint density at radius 3 is 2.74 bits per heavy atom. The first-order chi connectivity index (χ1) is 9.19. The Bertz CT molecular complexity index is 454. The fourth-order valence-corrected chi connectivity index (χ4v) is 3.75. The van der Waals surface area contributed by atoms with Gasteiger partial charge < -0.3 is 9.15 Å². The van der Waals surface area contributed by atoms with Gasteiger partial charge in [0.2, 0.25) is 5.78 Å². The molecular formula is C15H19BrO3. The third kappa shape index (κ3) is 2.79. The molecule has 2 fully saturated rings. The largest absolute Gasteiger partial charge is 0.446 e. The van der Waals surface area contributed by atoms with E-state index in [2.05, 4.69) is 15.9 Å². The SMILES string of the molecule is O=C(c1ccc(Br)o1)C1CCOC2(CCCCC2)C1. The molecule has 3 rings (SSSR count). The van der Waals surface area contributed by atoms with Gasteiger partial charge in [0.15, 0.2) is 10.4 Å². The fourth-order valence-electron chi connectivity index (χ4n) is 3.44. The first-order valence-corrected chi connectivity index (χ1v) is 7.91. The third-order valence-electron chi connectivity index (χ3n) is 4.44. The zero-order chi connectivity index (χ0) is 13.3. The zero-order valence-corrected chi connectivity index (χ0v) is 12.6. The minimum atomic E-state index is -0.0271. The molecule has 1 atom stereocenters. The molecule has 2 aliphatic rings. The lowest BCUT2D eigenvalue weighted by atomic mass is 9.75. The number of carbonyl (C=O) groups is 1. The van der Waals surface area contributed by atoms with E-state index in [0.717, 1.165) is 25.7 Å². The minimum Gasteiger partial charge on any atom is -0.446 e. The van der Waals surface area contributed by atoms with Crippen LogP contribution in [-0.2, 0) is 4.74 Å². The van der Waals surface area contributed by atoms with E-state index in [1.165, 1.54) is 19.3 Å². The molecule has 2 heterocycles. The summed E-state index contributed by atoms with van der Waals surface area (Å²) < 4.78 is 12.1. The number of rotatable bonds is 2. The number of ether oxygens (including phenoxy) is 1. The Kier molecular flexibility index (Phi) is 3.81. The van der Waals surface area contributed by atoms with Crippen molar-refractivity contribution in [2.45, 2.75) is 50.5 Å². The first-order valence-electron chi connectivity index (χ1n) is 7.12. The second-order valence-electron chi connectivity index (χ2n) is 5.75. The second kappa shape index (κ2) is 5.41. The van der Waals surface area contributed by atoms with Crippen LogP contribution in [0.3, 0.4) is 0 Å². The van der Waals surface area contributed by atoms with E-state index in [1.807, 2.05) is 0 Å². The summed E-state index contributed by atoms with van der Waals surface area (Å²) in [6.07, 6.45) is 7.66. The van der Waals surface area contributed by atoms with Gasteiger partial charge in [-0.3, -0.25) is 4.79 Å². The van der Waals surface area contributed by atoms with Gasteiger partial charge in [-0.2, -0.15) is 0 Å². The Hall–Kier alpha value is -0.610. The number of carbonyl (C=O) groups excluding carboxylic acids is 1. The van der Waals surface area contributed by atoms with Gasteiger partial charge >= 0.3 is 0 Å². The predicted octanol–water partition coefficient (Wildman–Crippen LogP) is 4.35. The van der Waals surface area contributed by atoms with Gasteiger partial charge in [0, 0.05) is 12.5 Å². The van der Waals surface area contributed by atoms with Crippen molar-refractivity contribution < 1.29 is 13.9 Å². The number of halogens is 1. The van der Waals surface area contributed by atoms with Gasteiger partial charge in [0.1, 0.15) is 0 Å². The van der Waals surface area contributed by atoms with Crippen LogP contribution in [0, 0.1) is 5.92 Å². The van der Waals surface area contributed by atoms with Crippen molar-refractivity contribution in [2.24, 2.45) is 5.92 Å². The van der Waals surface area contributed by atoms with Crippen LogP contribution in [0.25, 0.3) is 0 Å². The van der Waals surface area contributed by atoms with Gasteiger partial charge in [0.05, 0.1) is 5.60 Å². The zero-order valence-electron chi connectivity index (χ0n) is 11.0. The smallest absolute Gasteiger partial charge is 0.201 e. The Morgan fingerprint density at radius 2 is 2.05 bits per heavy atom. The summed E-state index contributed by atoms with van der Waals surface area (Å²) in [5.74, 6) is 0.675. The summed E-state index contributed by atoms with van der Waals surface area (Å²) in [7, 11) is 0. The molecule has 0 bridgehead atoms. The average molecular weight is 327 g/mol. The molecule has 4 heteroatoms. The number of hydrogen-bond donors (Lipinski definition) is 0. The topological polar surface area (TPSA) is 39.4 Å². The lowest BCUT2D eigenvalue weighted by Gasteiger charge is -2.43. The van der Waals surface area contributed by atoms with E-state index in [4.69, 9.17) is 9.15 Å². The highest BCUT2D eigenvalue weighted by atomic mass is 79.9. The first kappa shape index (κ1) is 13.4. The van der Waals surface area contributed by atoms with E-state index in [9.17, 15) is 4.79 Å². The molecular weight excluding hydrogens is 308 g/mol. The summed E-state index contributed by atoms with van der Waals surface area (Å²) in [5, 5.41) is 0. The quantitative estimate of drug-likeness (QED) is 0.758. The van der Waals surface area contributed by atoms with Crippen LogP contribution in [0.2, 0.25) is 0 Å². The van der Waals surface area contributed by atoms with Crippen molar-refractivity contribution in [3.8, 4) is 0 Å². The summed E-state index contributed by atoms with van der Waals surface area (Å²) in [5.41, 5.74) is -0.0271. The maximum Gasteiger partial charge on any atom is 0.201 e. The van der Waals surface area contributed by atoms with E-state index in [-0.39, 0.29) is 17.3 Å². The van der Waals surface area contributed by atoms with Crippen molar-refractivity contribution in [1.82, 2.24) is 0 Å². The predicted molar refractivity (Wildman–Crippen MR) is 75.2 cm³/mol. The second-order valence-corrected chi connectivity index (χ2v) is 6.53. The maximum absolute atomic E-state index is 12.5. The van der Waals surface area contributed by atoms with Crippen LogP contribution in [0.5, 0.6) is 0 Å². The molecule has 1 aromatic rings. The molecule has 1 saturated carbocycles. The molecule has 1 aliphatic heterocycles. The normalized spacial score (nSPS) is 26.5. The monoisotopic (exact) mass is 326 g/mol. The number of furan rings is 1. The van der Waals surface area contributed by atoms with Gasteiger partial charge in [0.25, 0.3) is 0 Å². The van der Waals surface area contributed by atoms with E-state index >= 15 is 0 Å². The van der Waals surface area contributed by atoms with Crippen LogP contribution < -0.4 is 0 Å². The summed E-state index contributed by atoms with van der Waals surface area (Å²) in [4.78, 5) is 12.5. The average Bonchev–Trinajstić information content (AvgIpc) is 2.85. The maximum atomic E-state index is 12.5. The van der Waals surface area contributed by atoms with Gasteiger partial charge in [-0.05, 0) is 53.7 Å². The van der Waals surface area contributed by atoms with Crippen molar-refractivity contribution >= 4 is 21.7 Å². The number of Topliss-reactive ketones (excluding diaryl/α,β-unsaturated/α-hetero) is 1. The number of ketones is 1. The third-order valence-corrected chi connectivity index (χ3v) is 4.87. The van der Waals surface area contributed by atoms with Crippen molar-refractivity contribution in [3.05, 3.63) is 22.6 Å². The van der Waals surface area contributed by atoms with Crippen LogP contribution >= 0.6 is 15.9 Å². The van der Waals surface area contributed by atoms with Crippen molar-refractivity contribution in [2.75, 3.05) is 6.61 Å². The lowest BCUT2D eigenvalue weighted by Crippen LogP contribution is -2.43. The van der Waals surface area contributed by atoms with Crippen LogP contribution in [0.15, 0.2) is 21.2 Å². The van der Waals surface area contributed by atoms with E-state index in [0.29, 0.717) is 17.0 Å². The molecule has 0 amide bonds. The summed E-state index contributed by atoms with van der Waals surface area (Å²) in [6.45, 7) is 0.707. The van der Waals surface area contributed by atoms with Crippen LogP contribution in [0.4, 0.5) is 0 Å². The van der Waals surface area contributed by atoms with Crippen LogP contribution in [0.1, 0.15) is 55.5 Å². The molecule has 104 valence electrons. The fraction of sp³-hybridized carbons (Fsp3) is 0.667.